The van der Waals surface area contributed by atoms with E-state index in [0.29, 0.717) is 11.7 Å². The van der Waals surface area contributed by atoms with E-state index in [1.165, 1.54) is 0 Å². The summed E-state index contributed by atoms with van der Waals surface area (Å²) in [6.07, 6.45) is 1.84. The summed E-state index contributed by atoms with van der Waals surface area (Å²) in [6.45, 7) is 5.91. The fourth-order valence-electron chi connectivity index (χ4n) is 1.68. The number of nitrogens with zero attached hydrogens (tertiary/aromatic N) is 1. The average molecular weight is 313 g/mol. The Morgan fingerprint density at radius 1 is 1.24 bits per heavy atom. The molecule has 1 rings (SSSR count). The van der Waals surface area contributed by atoms with E-state index in [2.05, 4.69) is 20.9 Å². The molecule has 0 spiro atoms. The number of amides is 3. The number of hydrogen-bond acceptors (Lipinski definition) is 3. The SMILES string of the molecule is CC(C)NC(=O)C[C@H](C)NC(=O)NCc1ccc(Cl)nc1. The monoisotopic (exact) mass is 312 g/mol. The highest BCUT2D eigenvalue weighted by Crippen LogP contribution is 2.04. The lowest BCUT2D eigenvalue weighted by molar-refractivity contribution is -0.121. The Balaban J connectivity index is 2.29. The standard InChI is InChI=1S/C14H21ClN4O2/c1-9(2)18-13(20)6-10(3)19-14(21)17-8-11-4-5-12(15)16-7-11/h4-5,7,9-10H,6,8H2,1-3H3,(H,18,20)(H2,17,19,21)/t10-/m0/s1. The van der Waals surface area contributed by atoms with Gasteiger partial charge in [-0.25, -0.2) is 9.78 Å². The second kappa shape index (κ2) is 8.46. The Labute approximate surface area is 129 Å². The van der Waals surface area contributed by atoms with Crippen molar-refractivity contribution in [3.63, 3.8) is 0 Å². The number of pyridine rings is 1. The Bertz CT molecular complexity index is 476. The molecular formula is C14H21ClN4O2. The van der Waals surface area contributed by atoms with E-state index in [1.807, 2.05) is 13.8 Å². The van der Waals surface area contributed by atoms with Gasteiger partial charge in [-0.1, -0.05) is 17.7 Å². The Kier molecular flexibility index (Phi) is 6.94. The lowest BCUT2D eigenvalue weighted by atomic mass is 10.2. The van der Waals surface area contributed by atoms with Crippen LogP contribution in [0.15, 0.2) is 18.3 Å². The van der Waals surface area contributed by atoms with Crippen molar-refractivity contribution in [3.05, 3.63) is 29.0 Å². The van der Waals surface area contributed by atoms with Gasteiger partial charge >= 0.3 is 6.03 Å². The fraction of sp³-hybridized carbons (Fsp3) is 0.500. The lowest BCUT2D eigenvalue weighted by Gasteiger charge is -2.15. The summed E-state index contributed by atoms with van der Waals surface area (Å²) in [5.74, 6) is -0.0836. The van der Waals surface area contributed by atoms with Gasteiger partial charge in [0.1, 0.15) is 5.15 Å². The number of nitrogens with one attached hydrogen (secondary N) is 3. The van der Waals surface area contributed by atoms with Crippen LogP contribution in [-0.2, 0) is 11.3 Å². The molecule has 1 aromatic rings. The molecule has 21 heavy (non-hydrogen) atoms. The van der Waals surface area contributed by atoms with E-state index in [1.54, 1.807) is 25.3 Å². The van der Waals surface area contributed by atoms with Crippen LogP contribution in [0.3, 0.4) is 0 Å². The molecule has 1 atom stereocenters. The van der Waals surface area contributed by atoms with E-state index in [9.17, 15) is 9.59 Å². The smallest absolute Gasteiger partial charge is 0.315 e. The highest BCUT2D eigenvalue weighted by molar-refractivity contribution is 6.29. The molecule has 0 unspecified atom stereocenters. The van der Waals surface area contributed by atoms with Crippen molar-refractivity contribution in [2.75, 3.05) is 0 Å². The molecule has 0 aromatic carbocycles. The Morgan fingerprint density at radius 2 is 1.95 bits per heavy atom. The summed E-state index contributed by atoms with van der Waals surface area (Å²) in [4.78, 5) is 27.2. The zero-order valence-electron chi connectivity index (χ0n) is 12.4. The van der Waals surface area contributed by atoms with Crippen molar-refractivity contribution in [1.82, 2.24) is 20.9 Å². The maximum Gasteiger partial charge on any atom is 0.315 e. The van der Waals surface area contributed by atoms with Gasteiger partial charge in [0.2, 0.25) is 5.91 Å². The first-order valence-corrected chi connectivity index (χ1v) is 7.18. The van der Waals surface area contributed by atoms with Crippen LogP contribution in [0.2, 0.25) is 5.15 Å². The lowest BCUT2D eigenvalue weighted by Crippen LogP contribution is -2.43. The molecule has 3 N–H and O–H groups in total. The molecule has 0 fully saturated rings. The number of aromatic nitrogens is 1. The van der Waals surface area contributed by atoms with Crippen LogP contribution in [0.1, 0.15) is 32.8 Å². The molecule has 0 bridgehead atoms. The molecule has 0 saturated heterocycles. The molecule has 1 aromatic heterocycles. The molecule has 1 heterocycles. The number of hydrogen-bond donors (Lipinski definition) is 3. The third-order valence-corrected chi connectivity index (χ3v) is 2.78. The van der Waals surface area contributed by atoms with Gasteiger partial charge in [-0.05, 0) is 32.4 Å². The predicted octanol–water partition coefficient (Wildman–Crippen LogP) is 1.84. The van der Waals surface area contributed by atoms with E-state index in [4.69, 9.17) is 11.6 Å². The van der Waals surface area contributed by atoms with Gasteiger partial charge in [0.15, 0.2) is 0 Å². The molecular weight excluding hydrogens is 292 g/mol. The summed E-state index contributed by atoms with van der Waals surface area (Å²) >= 11 is 5.68. The fourth-order valence-corrected chi connectivity index (χ4v) is 1.79. The first-order valence-electron chi connectivity index (χ1n) is 6.81. The molecule has 116 valence electrons. The number of urea groups is 1. The van der Waals surface area contributed by atoms with Crippen molar-refractivity contribution in [3.8, 4) is 0 Å². The first kappa shape index (κ1) is 17.2. The summed E-state index contributed by atoms with van der Waals surface area (Å²) in [5, 5.41) is 8.60. The van der Waals surface area contributed by atoms with Gasteiger partial charge in [0, 0.05) is 31.2 Å². The van der Waals surface area contributed by atoms with Crippen molar-refractivity contribution >= 4 is 23.5 Å². The molecule has 0 aliphatic rings. The van der Waals surface area contributed by atoms with Gasteiger partial charge in [-0.15, -0.1) is 0 Å². The van der Waals surface area contributed by atoms with Gasteiger partial charge < -0.3 is 16.0 Å². The van der Waals surface area contributed by atoms with Crippen LogP contribution in [0.5, 0.6) is 0 Å². The third-order valence-electron chi connectivity index (χ3n) is 2.56. The predicted molar refractivity (Wildman–Crippen MR) is 82.0 cm³/mol. The minimum atomic E-state index is -0.324. The van der Waals surface area contributed by atoms with Crippen molar-refractivity contribution in [1.29, 1.82) is 0 Å². The minimum Gasteiger partial charge on any atom is -0.354 e. The topological polar surface area (TPSA) is 83.1 Å². The number of carbonyl (C=O) groups excluding carboxylic acids is 2. The second-order valence-electron chi connectivity index (χ2n) is 5.14. The largest absolute Gasteiger partial charge is 0.354 e. The number of rotatable bonds is 6. The average Bonchev–Trinajstić information content (AvgIpc) is 2.36. The van der Waals surface area contributed by atoms with Crippen LogP contribution in [0.4, 0.5) is 4.79 Å². The Hall–Kier alpha value is -1.82. The van der Waals surface area contributed by atoms with Crippen LogP contribution in [0.25, 0.3) is 0 Å². The van der Waals surface area contributed by atoms with Crippen molar-refractivity contribution in [2.45, 2.75) is 45.8 Å². The second-order valence-corrected chi connectivity index (χ2v) is 5.53. The van der Waals surface area contributed by atoms with Gasteiger partial charge in [-0.3, -0.25) is 4.79 Å². The minimum absolute atomic E-state index is 0.0836. The summed E-state index contributed by atoms with van der Waals surface area (Å²) in [6, 6.07) is 2.97. The summed E-state index contributed by atoms with van der Waals surface area (Å²) in [5.41, 5.74) is 0.847. The van der Waals surface area contributed by atoms with Crippen LogP contribution in [-0.4, -0.2) is 29.0 Å². The van der Waals surface area contributed by atoms with E-state index in [-0.39, 0.29) is 30.4 Å². The zero-order chi connectivity index (χ0) is 15.8. The van der Waals surface area contributed by atoms with Gasteiger partial charge in [0.05, 0.1) is 0 Å². The third kappa shape index (κ3) is 7.51. The van der Waals surface area contributed by atoms with Gasteiger partial charge in [-0.2, -0.15) is 0 Å². The van der Waals surface area contributed by atoms with Crippen molar-refractivity contribution in [2.24, 2.45) is 0 Å². The quantitative estimate of drug-likeness (QED) is 0.701. The Morgan fingerprint density at radius 3 is 2.52 bits per heavy atom. The molecule has 7 heteroatoms. The highest BCUT2D eigenvalue weighted by atomic mass is 35.5. The normalized spacial score (nSPS) is 11.9. The van der Waals surface area contributed by atoms with Crippen LogP contribution in [0, 0.1) is 0 Å². The first-order chi connectivity index (χ1) is 9.86. The molecule has 0 saturated carbocycles. The van der Waals surface area contributed by atoms with Crippen LogP contribution < -0.4 is 16.0 Å². The van der Waals surface area contributed by atoms with Crippen LogP contribution >= 0.6 is 11.6 Å². The highest BCUT2D eigenvalue weighted by Gasteiger charge is 2.12. The summed E-state index contributed by atoms with van der Waals surface area (Å²) in [7, 11) is 0. The van der Waals surface area contributed by atoms with Gasteiger partial charge in [0.25, 0.3) is 0 Å². The molecule has 0 aliphatic carbocycles. The maximum atomic E-state index is 11.7. The number of halogens is 1. The zero-order valence-corrected chi connectivity index (χ0v) is 13.2. The van der Waals surface area contributed by atoms with E-state index >= 15 is 0 Å². The molecule has 0 aliphatic heterocycles. The molecule has 3 amide bonds. The maximum absolute atomic E-state index is 11.7. The summed E-state index contributed by atoms with van der Waals surface area (Å²) < 4.78 is 0. The number of carbonyl (C=O) groups is 2. The molecule has 0 radical (unpaired) electrons. The van der Waals surface area contributed by atoms with E-state index < -0.39 is 0 Å². The molecule has 6 nitrogen and oxygen atoms in total. The van der Waals surface area contributed by atoms with E-state index in [0.717, 1.165) is 5.56 Å². The van der Waals surface area contributed by atoms with Crippen molar-refractivity contribution < 1.29 is 9.59 Å².